The molecule has 0 bridgehead atoms. The van der Waals surface area contributed by atoms with Crippen LogP contribution in [0.1, 0.15) is 0 Å². The van der Waals surface area contributed by atoms with E-state index in [-0.39, 0.29) is 30.6 Å². The molecule has 5 heteroatoms. The average molecular weight is 253 g/mol. The first-order valence-electron chi connectivity index (χ1n) is 4.93. The fraction of sp³-hybridized carbons (Fsp3) is 0.0833. The lowest BCUT2D eigenvalue weighted by molar-refractivity contribution is -0.114. The van der Waals surface area contributed by atoms with Crippen molar-refractivity contribution in [3.8, 4) is 5.75 Å². The predicted octanol–water partition coefficient (Wildman–Crippen LogP) is 1.86. The van der Waals surface area contributed by atoms with Crippen molar-refractivity contribution in [1.29, 1.82) is 0 Å². The van der Waals surface area contributed by atoms with E-state index in [1.165, 1.54) is 0 Å². The van der Waals surface area contributed by atoms with Crippen LogP contribution in [0.15, 0.2) is 36.4 Å². The lowest BCUT2D eigenvalue weighted by atomic mass is 10.1. The second-order valence-electron chi connectivity index (χ2n) is 3.43. The Morgan fingerprint density at radius 3 is 2.47 bits per heavy atom. The summed E-state index contributed by atoms with van der Waals surface area (Å²) in [6, 6.07) is 10.5. The number of hydrogen-bond acceptors (Lipinski definition) is 3. The van der Waals surface area contributed by atoms with Gasteiger partial charge in [0.25, 0.3) is 0 Å². The molecule has 0 atom stereocenters. The van der Waals surface area contributed by atoms with Crippen LogP contribution in [-0.4, -0.2) is 17.6 Å². The van der Waals surface area contributed by atoms with Crippen LogP contribution in [0, 0.1) is 0 Å². The fourth-order valence-electron chi connectivity index (χ4n) is 1.59. The summed E-state index contributed by atoms with van der Waals surface area (Å²) in [5, 5.41) is 13.8. The van der Waals surface area contributed by atoms with Gasteiger partial charge in [-0.25, -0.2) is 0 Å². The zero-order valence-corrected chi connectivity index (χ0v) is 9.83. The standard InChI is InChI=1S/C12H12N2O2.ClH/c13-7-12(16)14-10-5-6-11(15)9-4-2-1-3-8(9)10;/h1-6,15H,7,13H2,(H,14,16);1H. The molecular formula is C12H13ClN2O2. The van der Waals surface area contributed by atoms with E-state index in [1.807, 2.05) is 18.2 Å². The molecule has 0 aliphatic heterocycles. The number of rotatable bonds is 2. The number of nitrogens with one attached hydrogen (secondary N) is 1. The molecule has 4 nitrogen and oxygen atoms in total. The largest absolute Gasteiger partial charge is 0.507 e. The van der Waals surface area contributed by atoms with Crippen molar-refractivity contribution < 1.29 is 9.90 Å². The van der Waals surface area contributed by atoms with Gasteiger partial charge >= 0.3 is 0 Å². The van der Waals surface area contributed by atoms with Crippen molar-refractivity contribution in [3.63, 3.8) is 0 Å². The number of nitrogens with two attached hydrogens (primary N) is 1. The topological polar surface area (TPSA) is 75.4 Å². The lowest BCUT2D eigenvalue weighted by Gasteiger charge is -2.08. The Morgan fingerprint density at radius 2 is 1.82 bits per heavy atom. The summed E-state index contributed by atoms with van der Waals surface area (Å²) in [7, 11) is 0. The third kappa shape index (κ3) is 2.67. The summed E-state index contributed by atoms with van der Waals surface area (Å²) in [6.45, 7) is -0.0603. The minimum atomic E-state index is -0.254. The molecule has 0 aromatic heterocycles. The second kappa shape index (κ2) is 5.52. The molecule has 2 rings (SSSR count). The summed E-state index contributed by atoms with van der Waals surface area (Å²) in [5.41, 5.74) is 5.89. The van der Waals surface area contributed by atoms with Gasteiger partial charge in [-0.15, -0.1) is 12.4 Å². The number of phenols is 1. The van der Waals surface area contributed by atoms with Crippen molar-refractivity contribution in [2.24, 2.45) is 5.73 Å². The molecule has 4 N–H and O–H groups in total. The maximum Gasteiger partial charge on any atom is 0.238 e. The zero-order chi connectivity index (χ0) is 11.5. The molecular weight excluding hydrogens is 240 g/mol. The maximum atomic E-state index is 11.2. The van der Waals surface area contributed by atoms with Gasteiger partial charge in [-0.1, -0.05) is 24.3 Å². The van der Waals surface area contributed by atoms with E-state index in [0.717, 1.165) is 5.39 Å². The monoisotopic (exact) mass is 252 g/mol. The average Bonchev–Trinajstić information content (AvgIpc) is 2.33. The highest BCUT2D eigenvalue weighted by Crippen LogP contribution is 2.30. The summed E-state index contributed by atoms with van der Waals surface area (Å²) < 4.78 is 0. The van der Waals surface area contributed by atoms with E-state index >= 15 is 0 Å². The van der Waals surface area contributed by atoms with Gasteiger partial charge in [-0.2, -0.15) is 0 Å². The number of phenolic OH excluding ortho intramolecular Hbond substituents is 1. The van der Waals surface area contributed by atoms with Gasteiger partial charge in [-0.3, -0.25) is 4.79 Å². The number of amides is 1. The third-order valence-corrected chi connectivity index (χ3v) is 2.36. The fourth-order valence-corrected chi connectivity index (χ4v) is 1.59. The molecule has 2 aromatic rings. The smallest absolute Gasteiger partial charge is 0.238 e. The summed E-state index contributed by atoms with van der Waals surface area (Å²) in [4.78, 5) is 11.2. The normalized spacial score (nSPS) is 9.71. The van der Waals surface area contributed by atoms with Crippen LogP contribution in [-0.2, 0) is 4.79 Å². The van der Waals surface area contributed by atoms with Crippen LogP contribution >= 0.6 is 12.4 Å². The number of halogens is 1. The van der Waals surface area contributed by atoms with Crippen molar-refractivity contribution >= 4 is 34.8 Å². The van der Waals surface area contributed by atoms with Gasteiger partial charge in [0, 0.05) is 16.5 Å². The van der Waals surface area contributed by atoms with Crippen molar-refractivity contribution in [2.45, 2.75) is 0 Å². The van der Waals surface area contributed by atoms with Crippen molar-refractivity contribution in [3.05, 3.63) is 36.4 Å². The minimum absolute atomic E-state index is 0. The first-order chi connectivity index (χ1) is 7.72. The van der Waals surface area contributed by atoms with Crippen LogP contribution < -0.4 is 11.1 Å². The number of aromatic hydroxyl groups is 1. The molecule has 2 aromatic carbocycles. The second-order valence-corrected chi connectivity index (χ2v) is 3.43. The van der Waals surface area contributed by atoms with Crippen LogP contribution in [0.25, 0.3) is 10.8 Å². The van der Waals surface area contributed by atoms with Crippen molar-refractivity contribution in [2.75, 3.05) is 11.9 Å². The first kappa shape index (κ1) is 13.3. The molecule has 0 heterocycles. The Morgan fingerprint density at radius 1 is 1.18 bits per heavy atom. The van der Waals surface area contributed by atoms with Crippen LogP contribution in [0.5, 0.6) is 5.75 Å². The predicted molar refractivity (Wildman–Crippen MR) is 70.5 cm³/mol. The Balaban J connectivity index is 0.00000144. The molecule has 0 spiro atoms. The molecule has 0 aliphatic rings. The molecule has 0 aliphatic carbocycles. The maximum absolute atomic E-state index is 11.2. The summed E-state index contributed by atoms with van der Waals surface area (Å²) in [6.07, 6.45) is 0. The van der Waals surface area contributed by atoms with E-state index in [1.54, 1.807) is 18.2 Å². The number of fused-ring (bicyclic) bond motifs is 1. The Bertz CT molecular complexity index is 543. The van der Waals surface area contributed by atoms with E-state index in [2.05, 4.69) is 5.32 Å². The highest BCUT2D eigenvalue weighted by molar-refractivity contribution is 6.04. The number of anilines is 1. The molecule has 90 valence electrons. The first-order valence-corrected chi connectivity index (χ1v) is 4.93. The van der Waals surface area contributed by atoms with Gasteiger partial charge in [0.2, 0.25) is 5.91 Å². The molecule has 0 unspecified atom stereocenters. The van der Waals surface area contributed by atoms with Crippen molar-refractivity contribution in [1.82, 2.24) is 0 Å². The Hall–Kier alpha value is -1.78. The SMILES string of the molecule is Cl.NCC(=O)Nc1ccc(O)c2ccccc12. The van der Waals surface area contributed by atoms with Crippen LogP contribution in [0.4, 0.5) is 5.69 Å². The van der Waals surface area contributed by atoms with Gasteiger partial charge in [0.1, 0.15) is 5.75 Å². The molecule has 0 saturated heterocycles. The Kier molecular flexibility index (Phi) is 4.31. The number of carbonyl (C=O) groups is 1. The molecule has 0 radical (unpaired) electrons. The molecule has 0 saturated carbocycles. The summed E-state index contributed by atoms with van der Waals surface area (Å²) >= 11 is 0. The van der Waals surface area contributed by atoms with Crippen LogP contribution in [0.3, 0.4) is 0 Å². The van der Waals surface area contributed by atoms with Crippen LogP contribution in [0.2, 0.25) is 0 Å². The minimum Gasteiger partial charge on any atom is -0.507 e. The van der Waals surface area contributed by atoms with E-state index in [4.69, 9.17) is 5.73 Å². The van der Waals surface area contributed by atoms with Gasteiger partial charge in [0.15, 0.2) is 0 Å². The molecule has 1 amide bonds. The lowest BCUT2D eigenvalue weighted by Crippen LogP contribution is -2.21. The third-order valence-electron chi connectivity index (χ3n) is 2.36. The highest BCUT2D eigenvalue weighted by Gasteiger charge is 2.06. The highest BCUT2D eigenvalue weighted by atomic mass is 35.5. The number of carbonyl (C=O) groups excluding carboxylic acids is 1. The van der Waals surface area contributed by atoms with Gasteiger partial charge in [-0.05, 0) is 12.1 Å². The quantitative estimate of drug-likeness (QED) is 0.714. The van der Waals surface area contributed by atoms with E-state index in [0.29, 0.717) is 11.1 Å². The van der Waals surface area contributed by atoms with E-state index < -0.39 is 0 Å². The zero-order valence-electron chi connectivity index (χ0n) is 9.01. The molecule has 17 heavy (non-hydrogen) atoms. The number of benzene rings is 2. The summed E-state index contributed by atoms with van der Waals surface area (Å²) in [5.74, 6) is -0.0582. The Labute approximate surface area is 105 Å². The van der Waals surface area contributed by atoms with E-state index in [9.17, 15) is 9.90 Å². The molecule has 0 fully saturated rings. The van der Waals surface area contributed by atoms with Gasteiger partial charge < -0.3 is 16.2 Å². The van der Waals surface area contributed by atoms with Gasteiger partial charge in [0.05, 0.1) is 6.54 Å². The number of hydrogen-bond donors (Lipinski definition) is 3.